The van der Waals surface area contributed by atoms with E-state index in [9.17, 15) is 4.79 Å². The van der Waals surface area contributed by atoms with Crippen molar-refractivity contribution in [2.45, 2.75) is 39.3 Å². The van der Waals surface area contributed by atoms with Gasteiger partial charge in [0.15, 0.2) is 0 Å². The van der Waals surface area contributed by atoms with E-state index in [1.165, 1.54) is 10.4 Å². The lowest BCUT2D eigenvalue weighted by molar-refractivity contribution is -0.116. The highest BCUT2D eigenvalue weighted by Gasteiger charge is 2.25. The van der Waals surface area contributed by atoms with Gasteiger partial charge in [-0.1, -0.05) is 13.8 Å². The molecular weight excluding hydrogens is 430 g/mol. The topological polar surface area (TPSA) is 88.2 Å². The highest BCUT2D eigenvalue weighted by molar-refractivity contribution is 7.18. The molecule has 3 aromatic rings. The van der Waals surface area contributed by atoms with Crippen molar-refractivity contribution in [2.24, 2.45) is 0 Å². The second kappa shape index (κ2) is 9.86. The molecule has 0 spiro atoms. The van der Waals surface area contributed by atoms with Crippen LogP contribution in [-0.4, -0.2) is 42.1 Å². The summed E-state index contributed by atoms with van der Waals surface area (Å²) >= 11 is 3.24. The maximum Gasteiger partial charge on any atom is 0.226 e. The summed E-state index contributed by atoms with van der Waals surface area (Å²) < 4.78 is 5.41. The third-order valence-electron chi connectivity index (χ3n) is 5.04. The van der Waals surface area contributed by atoms with Crippen LogP contribution in [-0.2, 0) is 17.8 Å². The lowest BCUT2D eigenvalue weighted by Gasteiger charge is -2.13. The van der Waals surface area contributed by atoms with E-state index in [0.29, 0.717) is 24.9 Å². The van der Waals surface area contributed by atoms with Crippen LogP contribution in [0.5, 0.6) is 5.88 Å². The molecule has 0 aromatic carbocycles. The number of thiazole rings is 1. The van der Waals surface area contributed by atoms with Gasteiger partial charge in [-0.2, -0.15) is 0 Å². The number of nitrogens with zero attached hydrogens (tertiary/aromatic N) is 2. The Morgan fingerprint density at radius 1 is 1.39 bits per heavy atom. The molecule has 3 N–H and O–H groups in total. The van der Waals surface area contributed by atoms with Crippen LogP contribution < -0.4 is 20.7 Å². The van der Waals surface area contributed by atoms with Gasteiger partial charge in [0.2, 0.25) is 11.8 Å². The number of methoxy groups -OCH3 is 1. The number of thiophene rings is 1. The largest absolute Gasteiger partial charge is 0.481 e. The first-order valence-corrected chi connectivity index (χ1v) is 12.1. The Morgan fingerprint density at radius 3 is 3.06 bits per heavy atom. The summed E-state index contributed by atoms with van der Waals surface area (Å²) in [6, 6.07) is 4.20. The minimum absolute atomic E-state index is 0.0201. The molecule has 7 nitrogen and oxygen atoms in total. The van der Waals surface area contributed by atoms with Gasteiger partial charge in [-0.25, -0.2) is 9.97 Å². The molecule has 1 amide bonds. The van der Waals surface area contributed by atoms with Crippen LogP contribution in [0, 0.1) is 0 Å². The van der Waals surface area contributed by atoms with Gasteiger partial charge in [0.25, 0.3) is 0 Å². The molecule has 4 rings (SSSR count). The first-order chi connectivity index (χ1) is 15.1. The van der Waals surface area contributed by atoms with Gasteiger partial charge in [-0.3, -0.25) is 4.79 Å². The highest BCUT2D eigenvalue weighted by atomic mass is 32.1. The number of pyridine rings is 1. The van der Waals surface area contributed by atoms with Crippen LogP contribution in [0.4, 0.5) is 5.00 Å². The minimum atomic E-state index is 0.0201. The fourth-order valence-electron chi connectivity index (χ4n) is 3.57. The molecule has 31 heavy (non-hydrogen) atoms. The second-order valence-corrected chi connectivity index (χ2v) is 9.60. The summed E-state index contributed by atoms with van der Waals surface area (Å²) in [4.78, 5) is 23.1. The number of hydrogen-bond acceptors (Lipinski definition) is 8. The third-order valence-corrected chi connectivity index (χ3v) is 7.05. The zero-order chi connectivity index (χ0) is 21.8. The molecule has 0 saturated heterocycles. The quantitative estimate of drug-likeness (QED) is 0.475. The van der Waals surface area contributed by atoms with Gasteiger partial charge >= 0.3 is 0 Å². The average Bonchev–Trinajstić information content (AvgIpc) is 3.37. The van der Waals surface area contributed by atoms with Crippen LogP contribution >= 0.6 is 22.7 Å². The van der Waals surface area contributed by atoms with Crippen LogP contribution in [0.25, 0.3) is 21.8 Å². The van der Waals surface area contributed by atoms with E-state index in [-0.39, 0.29) is 5.91 Å². The molecule has 0 unspecified atom stereocenters. The zero-order valence-electron chi connectivity index (χ0n) is 17.9. The normalized spacial score (nSPS) is 13.3. The minimum Gasteiger partial charge on any atom is -0.481 e. The van der Waals surface area contributed by atoms with Crippen LogP contribution in [0.3, 0.4) is 0 Å². The Kier molecular flexibility index (Phi) is 6.96. The van der Waals surface area contributed by atoms with E-state index in [2.05, 4.69) is 34.8 Å². The summed E-state index contributed by atoms with van der Waals surface area (Å²) in [5, 5.41) is 13.7. The molecule has 0 fully saturated rings. The summed E-state index contributed by atoms with van der Waals surface area (Å²) in [5.41, 5.74) is 4.05. The number of ether oxygens (including phenoxy) is 1. The number of hydrogen-bond donors (Lipinski definition) is 3. The maximum absolute atomic E-state index is 12.6. The Bertz CT molecular complexity index is 1060. The fraction of sp³-hybridized carbons (Fsp3) is 0.409. The standard InChI is InChI=1S/C22H27N5O2S2/c1-13(2)24-10-7-18(28)27-22-19(15-6-9-23-11-17(15)31-22)21-26-16(12-30-21)14-5-4-8-25-20(14)29-3/h4-5,8,12-13,23-24H,6-7,9-11H2,1-3H3,(H,27,28). The Balaban J connectivity index is 1.64. The van der Waals surface area contributed by atoms with Crippen molar-refractivity contribution in [3.63, 3.8) is 0 Å². The lowest BCUT2D eigenvalue weighted by atomic mass is 10.0. The number of nitrogens with one attached hydrogen (secondary N) is 3. The molecule has 1 aliphatic rings. The van der Waals surface area contributed by atoms with E-state index in [4.69, 9.17) is 9.72 Å². The molecule has 164 valence electrons. The molecular formula is C22H27N5O2S2. The van der Waals surface area contributed by atoms with Crippen LogP contribution in [0.15, 0.2) is 23.7 Å². The van der Waals surface area contributed by atoms with E-state index in [1.54, 1.807) is 36.0 Å². The number of aromatic nitrogens is 2. The van der Waals surface area contributed by atoms with Crippen LogP contribution in [0.1, 0.15) is 30.7 Å². The molecule has 0 saturated carbocycles. The molecule has 1 aliphatic heterocycles. The monoisotopic (exact) mass is 457 g/mol. The Labute approximate surface area is 190 Å². The predicted molar refractivity (Wildman–Crippen MR) is 127 cm³/mol. The van der Waals surface area contributed by atoms with Crippen molar-refractivity contribution < 1.29 is 9.53 Å². The molecule has 4 heterocycles. The SMILES string of the molecule is COc1ncccc1-c1csc(-c2c(NC(=O)CCNC(C)C)sc3c2CCNC3)n1. The van der Waals surface area contributed by atoms with Crippen molar-refractivity contribution in [2.75, 3.05) is 25.5 Å². The van der Waals surface area contributed by atoms with Gasteiger partial charge in [-0.05, 0) is 30.7 Å². The summed E-state index contributed by atoms with van der Waals surface area (Å²) in [7, 11) is 1.61. The molecule has 0 aliphatic carbocycles. The lowest BCUT2D eigenvalue weighted by Crippen LogP contribution is -2.27. The van der Waals surface area contributed by atoms with Crippen molar-refractivity contribution in [3.8, 4) is 27.7 Å². The van der Waals surface area contributed by atoms with E-state index in [1.807, 2.05) is 17.5 Å². The summed E-state index contributed by atoms with van der Waals surface area (Å²) in [6.45, 7) is 6.57. The molecule has 0 atom stereocenters. The number of carbonyl (C=O) groups excluding carboxylic acids is 1. The van der Waals surface area contributed by atoms with Gasteiger partial charge in [0, 0.05) is 47.6 Å². The van der Waals surface area contributed by atoms with E-state index >= 15 is 0 Å². The van der Waals surface area contributed by atoms with Gasteiger partial charge in [0.1, 0.15) is 10.0 Å². The van der Waals surface area contributed by atoms with Crippen molar-refractivity contribution in [1.29, 1.82) is 0 Å². The molecule has 0 bridgehead atoms. The fourth-order valence-corrected chi connectivity index (χ4v) is 5.77. The summed E-state index contributed by atoms with van der Waals surface area (Å²) in [6.07, 6.45) is 3.07. The number of amides is 1. The average molecular weight is 458 g/mol. The van der Waals surface area contributed by atoms with Crippen molar-refractivity contribution >= 4 is 33.6 Å². The predicted octanol–water partition coefficient (Wildman–Crippen LogP) is 3.91. The highest BCUT2D eigenvalue weighted by Crippen LogP contribution is 2.44. The molecule has 9 heteroatoms. The smallest absolute Gasteiger partial charge is 0.226 e. The van der Waals surface area contributed by atoms with Crippen molar-refractivity contribution in [3.05, 3.63) is 34.2 Å². The Morgan fingerprint density at radius 2 is 2.26 bits per heavy atom. The number of fused-ring (bicyclic) bond motifs is 1. The van der Waals surface area contributed by atoms with Gasteiger partial charge in [-0.15, -0.1) is 22.7 Å². The van der Waals surface area contributed by atoms with E-state index < -0.39 is 0 Å². The first-order valence-electron chi connectivity index (χ1n) is 10.4. The summed E-state index contributed by atoms with van der Waals surface area (Å²) in [5.74, 6) is 0.578. The molecule has 3 aromatic heterocycles. The Hall–Kier alpha value is -2.33. The van der Waals surface area contributed by atoms with Gasteiger partial charge < -0.3 is 20.7 Å². The number of anilines is 1. The maximum atomic E-state index is 12.6. The van der Waals surface area contributed by atoms with Crippen molar-refractivity contribution in [1.82, 2.24) is 20.6 Å². The second-order valence-electron chi connectivity index (χ2n) is 7.64. The number of carbonyl (C=O) groups is 1. The van der Waals surface area contributed by atoms with Gasteiger partial charge in [0.05, 0.1) is 18.4 Å². The van der Waals surface area contributed by atoms with E-state index in [0.717, 1.165) is 46.3 Å². The first kappa shape index (κ1) is 21.9. The van der Waals surface area contributed by atoms with Crippen LogP contribution in [0.2, 0.25) is 0 Å². The third kappa shape index (κ3) is 4.95. The zero-order valence-corrected chi connectivity index (χ0v) is 19.6. The number of rotatable bonds is 8. The molecule has 0 radical (unpaired) electrons.